The van der Waals surface area contributed by atoms with E-state index >= 15 is 0 Å². The fraction of sp³-hybridized carbons (Fsp3) is 0.941. The van der Waals surface area contributed by atoms with Gasteiger partial charge < -0.3 is 15.5 Å². The van der Waals surface area contributed by atoms with Crippen LogP contribution in [0.15, 0.2) is 0 Å². The lowest BCUT2D eigenvalue weighted by molar-refractivity contribution is 0.0672. The van der Waals surface area contributed by atoms with Crippen molar-refractivity contribution >= 4 is 6.03 Å². The maximum atomic E-state index is 12.9. The van der Waals surface area contributed by atoms with Crippen LogP contribution in [-0.4, -0.2) is 48.1 Å². The summed E-state index contributed by atoms with van der Waals surface area (Å²) in [6.07, 6.45) is 10.6. The number of rotatable bonds is 3. The molecule has 1 heterocycles. The van der Waals surface area contributed by atoms with Crippen LogP contribution in [0.3, 0.4) is 0 Å². The number of amides is 2. The van der Waals surface area contributed by atoms with Gasteiger partial charge in [-0.25, -0.2) is 4.79 Å². The molecule has 2 rings (SSSR count). The van der Waals surface area contributed by atoms with Crippen LogP contribution in [-0.2, 0) is 0 Å². The summed E-state index contributed by atoms with van der Waals surface area (Å²) >= 11 is 0. The molecule has 1 aliphatic carbocycles. The van der Waals surface area contributed by atoms with E-state index in [1.165, 1.54) is 32.1 Å². The van der Waals surface area contributed by atoms with E-state index in [2.05, 4.69) is 11.8 Å². The highest BCUT2D eigenvalue weighted by molar-refractivity contribution is 5.75. The van der Waals surface area contributed by atoms with Gasteiger partial charge >= 0.3 is 6.03 Å². The van der Waals surface area contributed by atoms with Gasteiger partial charge in [0.15, 0.2) is 0 Å². The van der Waals surface area contributed by atoms with E-state index < -0.39 is 0 Å². The summed E-state index contributed by atoms with van der Waals surface area (Å²) in [5.74, 6) is 0.825. The number of likely N-dealkylation sites (tertiary alicyclic amines) is 1. The highest BCUT2D eigenvalue weighted by Gasteiger charge is 2.40. The standard InChI is InChI=1S/C17H33N3O/c1-3-15-8-10-17(14-18,11-9-15)19(2)16(21)20-12-6-4-5-7-13-20/h15H,3-14,18H2,1-2H3. The van der Waals surface area contributed by atoms with Crippen LogP contribution < -0.4 is 5.73 Å². The molecule has 0 unspecified atom stereocenters. The Bertz CT molecular complexity index is 329. The number of carbonyl (C=O) groups is 1. The van der Waals surface area contributed by atoms with Crippen molar-refractivity contribution in [2.45, 2.75) is 70.3 Å². The van der Waals surface area contributed by atoms with Crippen molar-refractivity contribution in [3.05, 3.63) is 0 Å². The molecule has 1 saturated heterocycles. The Morgan fingerprint density at radius 3 is 2.24 bits per heavy atom. The zero-order chi connectivity index (χ0) is 15.3. The van der Waals surface area contributed by atoms with Gasteiger partial charge in [0, 0.05) is 26.7 Å². The third-order valence-electron chi connectivity index (χ3n) is 5.87. The first-order chi connectivity index (χ1) is 10.1. The smallest absolute Gasteiger partial charge is 0.320 e. The first-order valence-corrected chi connectivity index (χ1v) is 8.86. The van der Waals surface area contributed by atoms with Crippen LogP contribution >= 0.6 is 0 Å². The average Bonchev–Trinajstić information content (AvgIpc) is 2.82. The summed E-state index contributed by atoms with van der Waals surface area (Å²) in [7, 11) is 1.98. The van der Waals surface area contributed by atoms with Crippen LogP contribution in [0.1, 0.15) is 64.7 Å². The van der Waals surface area contributed by atoms with E-state index in [4.69, 9.17) is 5.73 Å². The van der Waals surface area contributed by atoms with Gasteiger partial charge in [-0.3, -0.25) is 0 Å². The molecule has 4 nitrogen and oxygen atoms in total. The molecule has 0 aromatic heterocycles. The van der Waals surface area contributed by atoms with Gasteiger partial charge in [-0.1, -0.05) is 26.2 Å². The Kier molecular flexibility index (Phi) is 5.91. The zero-order valence-electron chi connectivity index (χ0n) is 13.9. The Hall–Kier alpha value is -0.770. The summed E-state index contributed by atoms with van der Waals surface area (Å²) in [5.41, 5.74) is 6.01. The number of urea groups is 1. The minimum Gasteiger partial charge on any atom is -0.328 e. The molecule has 2 amide bonds. The van der Waals surface area contributed by atoms with Crippen molar-refractivity contribution in [1.29, 1.82) is 0 Å². The molecule has 0 atom stereocenters. The summed E-state index contributed by atoms with van der Waals surface area (Å²) in [5, 5.41) is 0. The summed E-state index contributed by atoms with van der Waals surface area (Å²) in [6.45, 7) is 4.70. The molecule has 0 bridgehead atoms. The molecule has 0 spiro atoms. The monoisotopic (exact) mass is 295 g/mol. The second-order valence-electron chi connectivity index (χ2n) is 7.02. The van der Waals surface area contributed by atoms with E-state index in [9.17, 15) is 4.79 Å². The second-order valence-corrected chi connectivity index (χ2v) is 7.02. The van der Waals surface area contributed by atoms with Crippen LogP contribution in [0.5, 0.6) is 0 Å². The van der Waals surface area contributed by atoms with E-state index in [0.29, 0.717) is 6.54 Å². The first kappa shape index (κ1) is 16.6. The minimum atomic E-state index is -0.102. The maximum Gasteiger partial charge on any atom is 0.320 e. The SMILES string of the molecule is CCC1CCC(CN)(N(C)C(=O)N2CCCCCC2)CC1. The summed E-state index contributed by atoms with van der Waals surface area (Å²) in [6, 6.07) is 0.206. The van der Waals surface area contributed by atoms with Gasteiger partial charge in [-0.15, -0.1) is 0 Å². The van der Waals surface area contributed by atoms with Crippen molar-refractivity contribution in [2.75, 3.05) is 26.7 Å². The molecule has 21 heavy (non-hydrogen) atoms. The van der Waals surface area contributed by atoms with Gasteiger partial charge in [0.2, 0.25) is 0 Å². The first-order valence-electron chi connectivity index (χ1n) is 8.86. The number of hydrogen-bond acceptors (Lipinski definition) is 2. The zero-order valence-corrected chi connectivity index (χ0v) is 13.9. The van der Waals surface area contributed by atoms with Crippen molar-refractivity contribution in [1.82, 2.24) is 9.80 Å². The van der Waals surface area contributed by atoms with E-state index in [0.717, 1.165) is 44.7 Å². The summed E-state index contributed by atoms with van der Waals surface area (Å²) < 4.78 is 0. The highest BCUT2D eigenvalue weighted by atomic mass is 16.2. The summed E-state index contributed by atoms with van der Waals surface area (Å²) in [4.78, 5) is 16.9. The molecule has 0 radical (unpaired) electrons. The van der Waals surface area contributed by atoms with Gasteiger partial charge in [0.05, 0.1) is 5.54 Å². The molecule has 0 aromatic rings. The topological polar surface area (TPSA) is 49.6 Å². The lowest BCUT2D eigenvalue weighted by Crippen LogP contribution is -2.59. The molecule has 1 saturated carbocycles. The van der Waals surface area contributed by atoms with Crippen molar-refractivity contribution in [3.8, 4) is 0 Å². The molecule has 2 fully saturated rings. The number of hydrogen-bond donors (Lipinski definition) is 1. The molecular weight excluding hydrogens is 262 g/mol. The number of likely N-dealkylation sites (N-methyl/N-ethyl adjacent to an activating group) is 1. The molecule has 1 aliphatic heterocycles. The second kappa shape index (κ2) is 7.48. The Morgan fingerprint density at radius 1 is 1.19 bits per heavy atom. The number of carbonyl (C=O) groups excluding carboxylic acids is 1. The maximum absolute atomic E-state index is 12.9. The molecular formula is C17H33N3O. The van der Waals surface area contributed by atoms with Crippen LogP contribution in [0, 0.1) is 5.92 Å². The molecule has 4 heteroatoms. The van der Waals surface area contributed by atoms with Gasteiger partial charge in [0.1, 0.15) is 0 Å². The minimum absolute atomic E-state index is 0.102. The highest BCUT2D eigenvalue weighted by Crippen LogP contribution is 2.37. The fourth-order valence-corrected chi connectivity index (χ4v) is 3.98. The quantitative estimate of drug-likeness (QED) is 0.869. The van der Waals surface area contributed by atoms with Crippen molar-refractivity contribution in [3.63, 3.8) is 0 Å². The molecule has 2 aliphatic rings. The number of nitrogens with two attached hydrogens (primary N) is 1. The molecule has 122 valence electrons. The molecule has 0 aromatic carbocycles. The van der Waals surface area contributed by atoms with E-state index in [1.54, 1.807) is 0 Å². The van der Waals surface area contributed by atoms with Gasteiger partial charge in [0.25, 0.3) is 0 Å². The van der Waals surface area contributed by atoms with E-state index in [1.807, 2.05) is 11.9 Å². The predicted octanol–water partition coefficient (Wildman–Crippen LogP) is 3.21. The Morgan fingerprint density at radius 2 is 1.76 bits per heavy atom. The lowest BCUT2D eigenvalue weighted by atomic mass is 9.75. The largest absolute Gasteiger partial charge is 0.328 e. The third kappa shape index (κ3) is 3.71. The Balaban J connectivity index is 2.01. The van der Waals surface area contributed by atoms with Gasteiger partial charge in [-0.2, -0.15) is 0 Å². The van der Waals surface area contributed by atoms with Gasteiger partial charge in [-0.05, 0) is 44.4 Å². The van der Waals surface area contributed by atoms with Crippen LogP contribution in [0.2, 0.25) is 0 Å². The third-order valence-corrected chi connectivity index (χ3v) is 5.87. The van der Waals surface area contributed by atoms with Crippen LogP contribution in [0.25, 0.3) is 0 Å². The normalized spacial score (nSPS) is 30.8. The fourth-order valence-electron chi connectivity index (χ4n) is 3.98. The van der Waals surface area contributed by atoms with Crippen molar-refractivity contribution in [2.24, 2.45) is 11.7 Å². The number of nitrogens with zero attached hydrogens (tertiary/aromatic N) is 2. The van der Waals surface area contributed by atoms with Crippen LogP contribution in [0.4, 0.5) is 4.79 Å². The molecule has 2 N–H and O–H groups in total. The lowest BCUT2D eigenvalue weighted by Gasteiger charge is -2.47. The Labute approximate surface area is 130 Å². The van der Waals surface area contributed by atoms with E-state index in [-0.39, 0.29) is 11.6 Å². The average molecular weight is 295 g/mol. The predicted molar refractivity (Wildman–Crippen MR) is 87.2 cm³/mol. The van der Waals surface area contributed by atoms with Crippen molar-refractivity contribution < 1.29 is 4.79 Å².